The Morgan fingerprint density at radius 3 is 2.71 bits per heavy atom. The average molecular weight is 282 g/mol. The first-order valence-electron chi connectivity index (χ1n) is 6.63. The summed E-state index contributed by atoms with van der Waals surface area (Å²) in [6.07, 6.45) is 0. The fraction of sp³-hybridized carbons (Fsp3) is 0.250. The van der Waals surface area contributed by atoms with Crippen molar-refractivity contribution in [2.24, 2.45) is 12.8 Å². The largest absolute Gasteiger partial charge is 0.321 e. The SMILES string of the molecule is Cc1cc(C(=O)Nc2ccc(C#CCN)c(C)c2)n(C)n1. The van der Waals surface area contributed by atoms with Gasteiger partial charge in [0.1, 0.15) is 5.69 Å². The van der Waals surface area contributed by atoms with Crippen LogP contribution in [0.3, 0.4) is 0 Å². The molecule has 1 heterocycles. The highest BCUT2D eigenvalue weighted by molar-refractivity contribution is 6.03. The van der Waals surface area contributed by atoms with Gasteiger partial charge in [-0.05, 0) is 43.7 Å². The van der Waals surface area contributed by atoms with Crippen molar-refractivity contribution >= 4 is 11.6 Å². The highest BCUT2D eigenvalue weighted by Crippen LogP contribution is 2.15. The van der Waals surface area contributed by atoms with Crippen molar-refractivity contribution in [2.75, 3.05) is 11.9 Å². The Balaban J connectivity index is 2.18. The molecule has 0 bridgehead atoms. The molecule has 0 radical (unpaired) electrons. The molecule has 2 aromatic rings. The monoisotopic (exact) mass is 282 g/mol. The topological polar surface area (TPSA) is 72.9 Å². The summed E-state index contributed by atoms with van der Waals surface area (Å²) >= 11 is 0. The van der Waals surface area contributed by atoms with Crippen LogP contribution in [0.2, 0.25) is 0 Å². The van der Waals surface area contributed by atoms with Gasteiger partial charge in [0.05, 0.1) is 12.2 Å². The van der Waals surface area contributed by atoms with E-state index < -0.39 is 0 Å². The van der Waals surface area contributed by atoms with E-state index in [4.69, 9.17) is 5.73 Å². The Hall–Kier alpha value is -2.58. The van der Waals surface area contributed by atoms with Crippen LogP contribution in [-0.4, -0.2) is 22.2 Å². The van der Waals surface area contributed by atoms with Gasteiger partial charge in [-0.15, -0.1) is 0 Å². The Morgan fingerprint density at radius 2 is 2.14 bits per heavy atom. The number of nitrogens with zero attached hydrogens (tertiary/aromatic N) is 2. The van der Waals surface area contributed by atoms with E-state index >= 15 is 0 Å². The third-order valence-electron chi connectivity index (χ3n) is 3.04. The third-order valence-corrected chi connectivity index (χ3v) is 3.04. The quantitative estimate of drug-likeness (QED) is 0.822. The molecule has 5 nitrogen and oxygen atoms in total. The first-order valence-corrected chi connectivity index (χ1v) is 6.63. The Labute approximate surface area is 124 Å². The van der Waals surface area contributed by atoms with E-state index in [-0.39, 0.29) is 5.91 Å². The summed E-state index contributed by atoms with van der Waals surface area (Å²) in [7, 11) is 1.75. The zero-order chi connectivity index (χ0) is 15.4. The van der Waals surface area contributed by atoms with Crippen LogP contribution in [0.5, 0.6) is 0 Å². The second-order valence-electron chi connectivity index (χ2n) is 4.78. The van der Waals surface area contributed by atoms with Gasteiger partial charge in [0, 0.05) is 18.3 Å². The van der Waals surface area contributed by atoms with Gasteiger partial charge in [-0.25, -0.2) is 0 Å². The predicted octanol–water partition coefficient (Wildman–Crippen LogP) is 1.60. The summed E-state index contributed by atoms with van der Waals surface area (Å²) < 4.78 is 1.57. The van der Waals surface area contributed by atoms with Crippen molar-refractivity contribution in [1.82, 2.24) is 9.78 Å². The molecular weight excluding hydrogens is 264 g/mol. The minimum atomic E-state index is -0.182. The lowest BCUT2D eigenvalue weighted by atomic mass is 10.1. The molecule has 1 aromatic carbocycles. The number of benzene rings is 1. The number of nitrogens with two attached hydrogens (primary N) is 1. The van der Waals surface area contributed by atoms with E-state index in [1.165, 1.54) is 0 Å². The number of rotatable bonds is 2. The van der Waals surface area contributed by atoms with E-state index in [0.29, 0.717) is 12.2 Å². The van der Waals surface area contributed by atoms with Gasteiger partial charge in [0.2, 0.25) is 0 Å². The van der Waals surface area contributed by atoms with E-state index in [2.05, 4.69) is 22.3 Å². The van der Waals surface area contributed by atoms with Crippen molar-refractivity contribution in [1.29, 1.82) is 0 Å². The Morgan fingerprint density at radius 1 is 1.38 bits per heavy atom. The molecule has 0 aliphatic carbocycles. The molecule has 0 fully saturated rings. The van der Waals surface area contributed by atoms with Gasteiger partial charge in [0.15, 0.2) is 0 Å². The van der Waals surface area contributed by atoms with E-state index in [1.54, 1.807) is 17.8 Å². The van der Waals surface area contributed by atoms with Gasteiger partial charge in [-0.3, -0.25) is 9.48 Å². The molecule has 1 aromatic heterocycles. The number of amides is 1. The number of aryl methyl sites for hydroxylation is 3. The molecule has 0 aliphatic rings. The number of hydrogen-bond donors (Lipinski definition) is 2. The number of carbonyl (C=O) groups excluding carboxylic acids is 1. The minimum absolute atomic E-state index is 0.182. The fourth-order valence-electron chi connectivity index (χ4n) is 2.05. The summed E-state index contributed by atoms with van der Waals surface area (Å²) in [6, 6.07) is 7.35. The van der Waals surface area contributed by atoms with E-state index in [1.807, 2.05) is 32.0 Å². The lowest BCUT2D eigenvalue weighted by molar-refractivity contribution is 0.101. The van der Waals surface area contributed by atoms with Crippen LogP contribution in [0.1, 0.15) is 27.3 Å². The van der Waals surface area contributed by atoms with Crippen LogP contribution in [0.4, 0.5) is 5.69 Å². The number of nitrogens with one attached hydrogen (secondary N) is 1. The Kier molecular flexibility index (Phi) is 4.41. The van der Waals surface area contributed by atoms with E-state index in [9.17, 15) is 4.79 Å². The summed E-state index contributed by atoms with van der Waals surface area (Å²) in [4.78, 5) is 12.2. The van der Waals surface area contributed by atoms with Gasteiger partial charge in [0.25, 0.3) is 5.91 Å². The molecule has 0 atom stereocenters. The normalized spacial score (nSPS) is 9.90. The van der Waals surface area contributed by atoms with Gasteiger partial charge >= 0.3 is 0 Å². The maximum absolute atomic E-state index is 12.2. The summed E-state index contributed by atoms with van der Waals surface area (Å²) in [5.41, 5.74) is 9.34. The smallest absolute Gasteiger partial charge is 0.273 e. The average Bonchev–Trinajstić information content (AvgIpc) is 2.77. The lowest BCUT2D eigenvalue weighted by Gasteiger charge is -2.07. The molecule has 108 valence electrons. The summed E-state index contributed by atoms with van der Waals surface area (Å²) in [6.45, 7) is 4.13. The summed E-state index contributed by atoms with van der Waals surface area (Å²) in [5.74, 6) is 5.63. The number of anilines is 1. The maximum atomic E-state index is 12.2. The molecular formula is C16H18N4O. The summed E-state index contributed by atoms with van der Waals surface area (Å²) in [5, 5.41) is 7.03. The maximum Gasteiger partial charge on any atom is 0.273 e. The predicted molar refractivity (Wildman–Crippen MR) is 83.0 cm³/mol. The van der Waals surface area contributed by atoms with Crippen molar-refractivity contribution in [3.05, 3.63) is 46.8 Å². The van der Waals surface area contributed by atoms with Crippen molar-refractivity contribution in [3.63, 3.8) is 0 Å². The van der Waals surface area contributed by atoms with Gasteiger partial charge in [-0.1, -0.05) is 11.8 Å². The van der Waals surface area contributed by atoms with Crippen LogP contribution in [0.15, 0.2) is 24.3 Å². The molecule has 3 N–H and O–H groups in total. The van der Waals surface area contributed by atoms with Crippen molar-refractivity contribution < 1.29 is 4.79 Å². The lowest BCUT2D eigenvalue weighted by Crippen LogP contribution is -2.16. The highest BCUT2D eigenvalue weighted by Gasteiger charge is 2.12. The van der Waals surface area contributed by atoms with Gasteiger partial charge < -0.3 is 11.1 Å². The third kappa shape index (κ3) is 3.50. The van der Waals surface area contributed by atoms with Crippen LogP contribution in [-0.2, 0) is 7.05 Å². The molecule has 2 rings (SSSR count). The molecule has 5 heteroatoms. The van der Waals surface area contributed by atoms with Crippen LogP contribution < -0.4 is 11.1 Å². The molecule has 0 unspecified atom stereocenters. The van der Waals surface area contributed by atoms with Crippen molar-refractivity contribution in [3.8, 4) is 11.8 Å². The first kappa shape index (κ1) is 14.8. The molecule has 0 spiro atoms. The van der Waals surface area contributed by atoms with Gasteiger partial charge in [-0.2, -0.15) is 5.10 Å². The van der Waals surface area contributed by atoms with Crippen LogP contribution in [0.25, 0.3) is 0 Å². The molecule has 0 saturated heterocycles. The second-order valence-corrected chi connectivity index (χ2v) is 4.78. The zero-order valence-corrected chi connectivity index (χ0v) is 12.4. The second kappa shape index (κ2) is 6.25. The number of carbonyl (C=O) groups is 1. The van der Waals surface area contributed by atoms with Crippen LogP contribution in [0, 0.1) is 25.7 Å². The highest BCUT2D eigenvalue weighted by atomic mass is 16.2. The Bertz CT molecular complexity index is 734. The standard InChI is InChI=1S/C16H18N4O/c1-11-9-14(7-6-13(11)5-4-8-17)18-16(21)15-10-12(2)19-20(15)3/h6-7,9-10H,8,17H2,1-3H3,(H,18,21). The van der Waals surface area contributed by atoms with E-state index in [0.717, 1.165) is 22.5 Å². The first-order chi connectivity index (χ1) is 10.0. The molecule has 0 saturated carbocycles. The minimum Gasteiger partial charge on any atom is -0.321 e. The van der Waals surface area contributed by atoms with Crippen molar-refractivity contribution in [2.45, 2.75) is 13.8 Å². The fourth-order valence-corrected chi connectivity index (χ4v) is 2.05. The molecule has 1 amide bonds. The zero-order valence-electron chi connectivity index (χ0n) is 12.4. The molecule has 21 heavy (non-hydrogen) atoms. The van der Waals surface area contributed by atoms with Crippen LogP contribution >= 0.6 is 0 Å². The number of hydrogen-bond acceptors (Lipinski definition) is 3. The molecule has 0 aliphatic heterocycles. The number of aromatic nitrogens is 2.